The van der Waals surface area contributed by atoms with Crippen molar-refractivity contribution in [2.75, 3.05) is 5.75 Å². The monoisotopic (exact) mass is 189 g/mol. The third-order valence-electron chi connectivity index (χ3n) is 1.62. The van der Waals surface area contributed by atoms with E-state index in [1.807, 2.05) is 13.8 Å². The molecular weight excluding hydrogens is 174 g/mol. The molecule has 0 radical (unpaired) electrons. The second-order valence-electron chi connectivity index (χ2n) is 3.13. The highest BCUT2D eigenvalue weighted by Gasteiger charge is 2.23. The Balaban J connectivity index is 2.18. The van der Waals surface area contributed by atoms with Crippen LogP contribution in [0.2, 0.25) is 0 Å². The molecule has 0 bridgehead atoms. The van der Waals surface area contributed by atoms with Gasteiger partial charge in [0.2, 0.25) is 0 Å². The van der Waals surface area contributed by atoms with Gasteiger partial charge in [-0.2, -0.15) is 0 Å². The van der Waals surface area contributed by atoms with Gasteiger partial charge in [0.15, 0.2) is 0 Å². The summed E-state index contributed by atoms with van der Waals surface area (Å²) in [5.74, 6) is 1.12. The molecule has 1 aliphatic rings. The maximum absolute atomic E-state index is 11.3. The number of amides is 1. The summed E-state index contributed by atoms with van der Waals surface area (Å²) in [6.07, 6.45) is 2.18. The Morgan fingerprint density at radius 2 is 2.42 bits per heavy atom. The van der Waals surface area contributed by atoms with Gasteiger partial charge in [0.1, 0.15) is 0 Å². The second kappa shape index (κ2) is 4.72. The van der Waals surface area contributed by atoms with Gasteiger partial charge >= 0.3 is 0 Å². The third kappa shape index (κ3) is 3.03. The highest BCUT2D eigenvalue weighted by atomic mass is 32.2. The molecule has 0 spiro atoms. The quantitative estimate of drug-likeness (QED) is 0.681. The normalized spacial score (nSPS) is 23.1. The van der Waals surface area contributed by atoms with Crippen molar-refractivity contribution in [2.24, 2.45) is 0 Å². The molecule has 3 nitrogen and oxygen atoms in total. The lowest BCUT2D eigenvalue weighted by Crippen LogP contribution is -2.33. The molecule has 1 amide bonds. The minimum atomic E-state index is 0.0196. The number of nitrogens with one attached hydrogen (secondary N) is 1. The largest absolute Gasteiger partial charge is 0.272 e. The molecule has 1 fully saturated rings. The standard InChI is InChI=1S/C8H15NO2S/c1-6(2)11-9-8(10)7-4-3-5-12-7/h6-7H,3-5H2,1-2H3,(H,9,10). The summed E-state index contributed by atoms with van der Waals surface area (Å²) in [6, 6.07) is 0. The lowest BCUT2D eigenvalue weighted by Gasteiger charge is -2.11. The van der Waals surface area contributed by atoms with Gasteiger partial charge < -0.3 is 0 Å². The van der Waals surface area contributed by atoms with Crippen molar-refractivity contribution in [3.63, 3.8) is 0 Å². The molecule has 12 heavy (non-hydrogen) atoms. The van der Waals surface area contributed by atoms with Crippen LogP contribution in [-0.2, 0) is 9.63 Å². The highest BCUT2D eigenvalue weighted by molar-refractivity contribution is 8.00. The van der Waals surface area contributed by atoms with Gasteiger partial charge in [-0.15, -0.1) is 11.8 Å². The van der Waals surface area contributed by atoms with E-state index in [2.05, 4.69) is 5.48 Å². The van der Waals surface area contributed by atoms with Crippen LogP contribution in [0.3, 0.4) is 0 Å². The van der Waals surface area contributed by atoms with E-state index in [-0.39, 0.29) is 17.3 Å². The summed E-state index contributed by atoms with van der Waals surface area (Å²) in [5, 5.41) is 0.115. The average molecular weight is 189 g/mol. The van der Waals surface area contributed by atoms with Crippen molar-refractivity contribution in [1.82, 2.24) is 5.48 Å². The second-order valence-corrected chi connectivity index (χ2v) is 4.45. The van der Waals surface area contributed by atoms with E-state index in [4.69, 9.17) is 4.84 Å². The van der Waals surface area contributed by atoms with Crippen molar-refractivity contribution in [2.45, 2.75) is 38.0 Å². The zero-order valence-electron chi connectivity index (χ0n) is 7.50. The summed E-state index contributed by atoms with van der Waals surface area (Å²) in [6.45, 7) is 3.78. The highest BCUT2D eigenvalue weighted by Crippen LogP contribution is 2.25. The summed E-state index contributed by atoms with van der Waals surface area (Å²) >= 11 is 1.71. The zero-order chi connectivity index (χ0) is 8.97. The average Bonchev–Trinajstić information content (AvgIpc) is 2.51. The lowest BCUT2D eigenvalue weighted by atomic mass is 10.2. The maximum atomic E-state index is 11.3. The Morgan fingerprint density at radius 1 is 1.67 bits per heavy atom. The van der Waals surface area contributed by atoms with Crippen LogP contribution in [0.15, 0.2) is 0 Å². The fourth-order valence-corrected chi connectivity index (χ4v) is 2.18. The number of hydrogen-bond donors (Lipinski definition) is 1. The van der Waals surface area contributed by atoms with E-state index in [1.165, 1.54) is 0 Å². The van der Waals surface area contributed by atoms with Crippen molar-refractivity contribution < 1.29 is 9.63 Å². The van der Waals surface area contributed by atoms with Gasteiger partial charge in [0.25, 0.3) is 5.91 Å². The topological polar surface area (TPSA) is 38.3 Å². The van der Waals surface area contributed by atoms with Crippen LogP contribution in [0, 0.1) is 0 Å². The Labute approximate surface area is 77.2 Å². The summed E-state index contributed by atoms with van der Waals surface area (Å²) in [4.78, 5) is 16.3. The molecule has 0 aliphatic carbocycles. The first-order chi connectivity index (χ1) is 5.70. The first-order valence-corrected chi connectivity index (χ1v) is 5.32. The molecule has 1 rings (SSSR count). The molecule has 0 saturated carbocycles. The van der Waals surface area contributed by atoms with Gasteiger partial charge in [-0.05, 0) is 32.4 Å². The first-order valence-electron chi connectivity index (χ1n) is 4.27. The molecule has 1 heterocycles. The molecule has 4 heteroatoms. The van der Waals surface area contributed by atoms with Gasteiger partial charge in [-0.25, -0.2) is 5.48 Å². The number of hydrogen-bond acceptors (Lipinski definition) is 3. The van der Waals surface area contributed by atoms with Crippen LogP contribution in [0.25, 0.3) is 0 Å². The van der Waals surface area contributed by atoms with Crippen LogP contribution >= 0.6 is 11.8 Å². The van der Waals surface area contributed by atoms with E-state index >= 15 is 0 Å². The lowest BCUT2D eigenvalue weighted by molar-refractivity contribution is -0.136. The van der Waals surface area contributed by atoms with Crippen molar-refractivity contribution in [1.29, 1.82) is 0 Å². The number of hydroxylamine groups is 1. The predicted molar refractivity (Wildman–Crippen MR) is 49.8 cm³/mol. The molecule has 1 aliphatic heterocycles. The number of rotatable bonds is 3. The molecular formula is C8H15NO2S. The minimum Gasteiger partial charge on any atom is -0.272 e. The minimum absolute atomic E-state index is 0.0196. The van der Waals surface area contributed by atoms with Crippen LogP contribution in [-0.4, -0.2) is 23.0 Å². The van der Waals surface area contributed by atoms with Crippen molar-refractivity contribution in [3.05, 3.63) is 0 Å². The van der Waals surface area contributed by atoms with Gasteiger partial charge in [0.05, 0.1) is 11.4 Å². The van der Waals surface area contributed by atoms with Crippen LogP contribution in [0.4, 0.5) is 0 Å². The molecule has 0 aromatic heterocycles. The smallest absolute Gasteiger partial charge is 0.256 e. The van der Waals surface area contributed by atoms with Crippen molar-refractivity contribution >= 4 is 17.7 Å². The Kier molecular flexibility index (Phi) is 3.88. The first kappa shape index (κ1) is 9.86. The molecule has 70 valence electrons. The fraction of sp³-hybridized carbons (Fsp3) is 0.875. The van der Waals surface area contributed by atoms with Gasteiger partial charge in [-0.3, -0.25) is 9.63 Å². The Bertz CT molecular complexity index is 155. The van der Waals surface area contributed by atoms with Gasteiger partial charge in [0, 0.05) is 0 Å². The summed E-state index contributed by atoms with van der Waals surface area (Å²) < 4.78 is 0. The molecule has 1 atom stereocenters. The number of carbonyl (C=O) groups excluding carboxylic acids is 1. The fourth-order valence-electron chi connectivity index (χ4n) is 1.03. The Morgan fingerprint density at radius 3 is 2.92 bits per heavy atom. The van der Waals surface area contributed by atoms with E-state index in [9.17, 15) is 4.79 Å². The van der Waals surface area contributed by atoms with E-state index < -0.39 is 0 Å². The summed E-state index contributed by atoms with van der Waals surface area (Å²) in [7, 11) is 0. The van der Waals surface area contributed by atoms with Crippen molar-refractivity contribution in [3.8, 4) is 0 Å². The van der Waals surface area contributed by atoms with Crippen LogP contribution in [0.1, 0.15) is 26.7 Å². The number of thioether (sulfide) groups is 1. The zero-order valence-corrected chi connectivity index (χ0v) is 8.32. The molecule has 1 unspecified atom stereocenters. The maximum Gasteiger partial charge on any atom is 0.256 e. The molecule has 0 aromatic carbocycles. The SMILES string of the molecule is CC(C)ONC(=O)C1CCCS1. The molecule has 1 saturated heterocycles. The van der Waals surface area contributed by atoms with Crippen LogP contribution in [0.5, 0.6) is 0 Å². The third-order valence-corrected chi connectivity index (χ3v) is 2.99. The molecule has 1 N–H and O–H groups in total. The van der Waals surface area contributed by atoms with Gasteiger partial charge in [-0.1, -0.05) is 0 Å². The van der Waals surface area contributed by atoms with E-state index in [0.717, 1.165) is 18.6 Å². The van der Waals surface area contributed by atoms with E-state index in [0.29, 0.717) is 0 Å². The predicted octanol–water partition coefficient (Wildman–Crippen LogP) is 1.34. The molecule has 0 aromatic rings. The van der Waals surface area contributed by atoms with E-state index in [1.54, 1.807) is 11.8 Å². The number of carbonyl (C=O) groups is 1. The summed E-state index contributed by atoms with van der Waals surface area (Å²) in [5.41, 5.74) is 2.46. The van der Waals surface area contributed by atoms with Crippen LogP contribution < -0.4 is 5.48 Å². The Hall–Kier alpha value is -0.220.